The van der Waals surface area contributed by atoms with Gasteiger partial charge >= 0.3 is 0 Å². The van der Waals surface area contributed by atoms with Gasteiger partial charge in [0.15, 0.2) is 0 Å². The van der Waals surface area contributed by atoms with Crippen molar-refractivity contribution in [3.05, 3.63) is 35.9 Å². The Balaban J connectivity index is 1.94. The zero-order valence-corrected chi connectivity index (χ0v) is 12.3. The molecule has 1 saturated heterocycles. The monoisotopic (exact) mass is 261 g/mol. The summed E-state index contributed by atoms with van der Waals surface area (Å²) in [4.78, 5) is 5.12. The van der Waals surface area contributed by atoms with Crippen LogP contribution in [0, 0.1) is 0 Å². The highest BCUT2D eigenvalue weighted by Gasteiger charge is 2.29. The molecule has 19 heavy (non-hydrogen) atoms. The largest absolute Gasteiger partial charge is 0.329 e. The summed E-state index contributed by atoms with van der Waals surface area (Å²) >= 11 is 0. The van der Waals surface area contributed by atoms with Gasteiger partial charge in [0.25, 0.3) is 0 Å². The van der Waals surface area contributed by atoms with Gasteiger partial charge in [0.1, 0.15) is 0 Å². The molecule has 106 valence electrons. The number of likely N-dealkylation sites (tertiary alicyclic amines) is 1. The molecule has 0 aromatic heterocycles. The minimum absolute atomic E-state index is 0.516. The fourth-order valence-electron chi connectivity index (χ4n) is 3.13. The average Bonchev–Trinajstić information content (AvgIpc) is 2.94. The number of hydrogen-bond donors (Lipinski definition) is 1. The highest BCUT2D eigenvalue weighted by molar-refractivity contribution is 5.18. The normalized spacial score (nSPS) is 22.0. The van der Waals surface area contributed by atoms with E-state index in [9.17, 15) is 0 Å². The van der Waals surface area contributed by atoms with E-state index in [1.807, 2.05) is 0 Å². The van der Waals surface area contributed by atoms with E-state index in [2.05, 4.69) is 54.0 Å². The first kappa shape index (κ1) is 14.5. The van der Waals surface area contributed by atoms with E-state index in [0.717, 1.165) is 19.6 Å². The van der Waals surface area contributed by atoms with Crippen molar-refractivity contribution < 1.29 is 0 Å². The van der Waals surface area contributed by atoms with Crippen molar-refractivity contribution in [2.24, 2.45) is 5.73 Å². The molecule has 0 amide bonds. The second kappa shape index (κ2) is 7.04. The molecule has 3 nitrogen and oxygen atoms in total. The van der Waals surface area contributed by atoms with E-state index >= 15 is 0 Å². The maximum atomic E-state index is 5.70. The lowest BCUT2D eigenvalue weighted by molar-refractivity contribution is 0.190. The molecule has 1 aliphatic heterocycles. The molecule has 2 unspecified atom stereocenters. The van der Waals surface area contributed by atoms with Crippen LogP contribution in [0.15, 0.2) is 30.3 Å². The minimum Gasteiger partial charge on any atom is -0.329 e. The highest BCUT2D eigenvalue weighted by Crippen LogP contribution is 2.26. The number of nitrogens with zero attached hydrogens (tertiary/aromatic N) is 2. The lowest BCUT2D eigenvalue weighted by atomic mass is 10.1. The summed E-state index contributed by atoms with van der Waals surface area (Å²) in [7, 11) is 0. The fourth-order valence-corrected chi connectivity index (χ4v) is 3.13. The molecule has 2 atom stereocenters. The molecule has 0 spiro atoms. The third kappa shape index (κ3) is 3.56. The average molecular weight is 261 g/mol. The molecule has 1 aromatic rings. The molecular formula is C16H27N3. The van der Waals surface area contributed by atoms with Crippen molar-refractivity contribution in [2.45, 2.75) is 32.4 Å². The van der Waals surface area contributed by atoms with E-state index in [0.29, 0.717) is 12.1 Å². The summed E-state index contributed by atoms with van der Waals surface area (Å²) in [5.74, 6) is 0. The van der Waals surface area contributed by atoms with Gasteiger partial charge in [0, 0.05) is 38.3 Å². The van der Waals surface area contributed by atoms with Crippen LogP contribution in [0.5, 0.6) is 0 Å². The molecule has 0 bridgehead atoms. The Hall–Kier alpha value is -0.900. The predicted molar refractivity (Wildman–Crippen MR) is 81.1 cm³/mol. The standard InChI is InChI=1S/C16H27N3/c1-3-18(12-10-17)16-9-11-19(13-16)14(2)15-7-5-4-6-8-15/h4-8,14,16H,3,9-13,17H2,1-2H3. The van der Waals surface area contributed by atoms with Crippen molar-refractivity contribution in [1.29, 1.82) is 0 Å². The van der Waals surface area contributed by atoms with E-state index in [1.54, 1.807) is 0 Å². The summed E-state index contributed by atoms with van der Waals surface area (Å²) in [5.41, 5.74) is 7.12. The Kier molecular flexibility index (Phi) is 5.37. The third-order valence-corrected chi connectivity index (χ3v) is 4.36. The zero-order valence-electron chi connectivity index (χ0n) is 12.3. The van der Waals surface area contributed by atoms with Crippen LogP contribution >= 0.6 is 0 Å². The minimum atomic E-state index is 0.516. The summed E-state index contributed by atoms with van der Waals surface area (Å²) in [5, 5.41) is 0. The molecule has 3 heteroatoms. The van der Waals surface area contributed by atoms with Crippen molar-refractivity contribution in [2.75, 3.05) is 32.7 Å². The molecule has 2 rings (SSSR count). The van der Waals surface area contributed by atoms with Gasteiger partial charge in [-0.3, -0.25) is 9.80 Å². The van der Waals surface area contributed by atoms with Crippen LogP contribution in [-0.4, -0.2) is 48.6 Å². The van der Waals surface area contributed by atoms with Crippen LogP contribution in [0.3, 0.4) is 0 Å². The van der Waals surface area contributed by atoms with Gasteiger partial charge in [0.2, 0.25) is 0 Å². The van der Waals surface area contributed by atoms with Gasteiger partial charge in [-0.25, -0.2) is 0 Å². The Morgan fingerprint density at radius 1 is 1.37 bits per heavy atom. The fraction of sp³-hybridized carbons (Fsp3) is 0.625. The van der Waals surface area contributed by atoms with Gasteiger partial charge in [-0.05, 0) is 25.5 Å². The van der Waals surface area contributed by atoms with Crippen LogP contribution in [0.25, 0.3) is 0 Å². The maximum absolute atomic E-state index is 5.70. The lowest BCUT2D eigenvalue weighted by Gasteiger charge is -2.29. The van der Waals surface area contributed by atoms with Crippen LogP contribution in [0.4, 0.5) is 0 Å². The van der Waals surface area contributed by atoms with E-state index in [1.165, 1.54) is 25.1 Å². The molecule has 1 heterocycles. The van der Waals surface area contributed by atoms with Crippen LogP contribution in [0.1, 0.15) is 31.9 Å². The summed E-state index contributed by atoms with van der Waals surface area (Å²) in [6, 6.07) is 12.0. The van der Waals surface area contributed by atoms with Gasteiger partial charge < -0.3 is 5.73 Å². The van der Waals surface area contributed by atoms with Crippen molar-refractivity contribution >= 4 is 0 Å². The van der Waals surface area contributed by atoms with Crippen LogP contribution in [-0.2, 0) is 0 Å². The number of hydrogen-bond acceptors (Lipinski definition) is 3. The Morgan fingerprint density at radius 2 is 2.11 bits per heavy atom. The van der Waals surface area contributed by atoms with E-state index in [4.69, 9.17) is 5.73 Å². The van der Waals surface area contributed by atoms with Crippen molar-refractivity contribution in [1.82, 2.24) is 9.80 Å². The summed E-state index contributed by atoms with van der Waals surface area (Å²) in [6.07, 6.45) is 1.27. The highest BCUT2D eigenvalue weighted by atomic mass is 15.3. The van der Waals surface area contributed by atoms with Crippen LogP contribution < -0.4 is 5.73 Å². The first-order valence-corrected chi connectivity index (χ1v) is 7.49. The van der Waals surface area contributed by atoms with E-state index in [-0.39, 0.29) is 0 Å². The zero-order chi connectivity index (χ0) is 13.7. The number of benzene rings is 1. The molecule has 0 radical (unpaired) electrons. The molecule has 0 saturated carbocycles. The molecular weight excluding hydrogens is 234 g/mol. The number of rotatable bonds is 6. The van der Waals surface area contributed by atoms with Crippen molar-refractivity contribution in [3.8, 4) is 0 Å². The molecule has 1 fully saturated rings. The van der Waals surface area contributed by atoms with E-state index < -0.39 is 0 Å². The smallest absolute Gasteiger partial charge is 0.0320 e. The first-order valence-electron chi connectivity index (χ1n) is 7.49. The quantitative estimate of drug-likeness (QED) is 0.851. The lowest BCUT2D eigenvalue weighted by Crippen LogP contribution is -2.40. The maximum Gasteiger partial charge on any atom is 0.0320 e. The van der Waals surface area contributed by atoms with Gasteiger partial charge in [-0.15, -0.1) is 0 Å². The molecule has 2 N–H and O–H groups in total. The van der Waals surface area contributed by atoms with Crippen LogP contribution in [0.2, 0.25) is 0 Å². The third-order valence-electron chi connectivity index (χ3n) is 4.36. The van der Waals surface area contributed by atoms with Gasteiger partial charge in [-0.1, -0.05) is 37.3 Å². The number of likely N-dealkylation sites (N-methyl/N-ethyl adjacent to an activating group) is 1. The Labute approximate surface area is 117 Å². The SMILES string of the molecule is CCN(CCN)C1CCN(C(C)c2ccccc2)C1. The molecule has 0 aliphatic carbocycles. The van der Waals surface area contributed by atoms with Gasteiger partial charge in [-0.2, -0.15) is 0 Å². The Morgan fingerprint density at radius 3 is 2.74 bits per heavy atom. The molecule has 1 aliphatic rings. The second-order valence-electron chi connectivity index (χ2n) is 5.44. The number of nitrogens with two attached hydrogens (primary N) is 1. The second-order valence-corrected chi connectivity index (χ2v) is 5.44. The molecule has 1 aromatic carbocycles. The topological polar surface area (TPSA) is 32.5 Å². The summed E-state index contributed by atoms with van der Waals surface area (Å²) in [6.45, 7) is 9.81. The Bertz CT molecular complexity index is 366. The first-order chi connectivity index (χ1) is 9.26. The predicted octanol–water partition coefficient (Wildman–Crippen LogP) is 2.10. The van der Waals surface area contributed by atoms with Gasteiger partial charge in [0.05, 0.1) is 0 Å². The summed E-state index contributed by atoms with van der Waals surface area (Å²) < 4.78 is 0. The van der Waals surface area contributed by atoms with Crippen molar-refractivity contribution in [3.63, 3.8) is 0 Å².